The third kappa shape index (κ3) is 5.91. The predicted molar refractivity (Wildman–Crippen MR) is 103 cm³/mol. The maximum atomic E-state index is 12.4. The van der Waals surface area contributed by atoms with Crippen LogP contribution in [0.4, 0.5) is 5.69 Å². The molecule has 1 N–H and O–H groups in total. The fourth-order valence-electron chi connectivity index (χ4n) is 2.74. The lowest BCUT2D eigenvalue weighted by Gasteiger charge is -2.19. The summed E-state index contributed by atoms with van der Waals surface area (Å²) in [4.78, 5) is 14.4. The number of amides is 1. The highest BCUT2D eigenvalue weighted by Gasteiger charge is 2.12. The van der Waals surface area contributed by atoms with Crippen molar-refractivity contribution in [1.29, 1.82) is 0 Å². The van der Waals surface area contributed by atoms with E-state index < -0.39 is 0 Å². The number of benzene rings is 2. The Bertz CT molecular complexity index is 649. The van der Waals surface area contributed by atoms with Gasteiger partial charge < -0.3 is 10.1 Å². The Labute approximate surface area is 150 Å². The number of anilines is 1. The first-order valence-corrected chi connectivity index (χ1v) is 8.91. The summed E-state index contributed by atoms with van der Waals surface area (Å²) in [5.41, 5.74) is 3.34. The summed E-state index contributed by atoms with van der Waals surface area (Å²) in [5.74, 6) is 0.864. The molecule has 0 heterocycles. The molecule has 0 atom stereocenters. The molecule has 0 aromatic heterocycles. The Morgan fingerprint density at radius 1 is 1.00 bits per heavy atom. The van der Waals surface area contributed by atoms with Crippen molar-refractivity contribution in [3.8, 4) is 5.75 Å². The summed E-state index contributed by atoms with van der Waals surface area (Å²) < 4.78 is 5.68. The zero-order valence-electron chi connectivity index (χ0n) is 15.4. The van der Waals surface area contributed by atoms with E-state index in [1.165, 1.54) is 11.1 Å². The van der Waals surface area contributed by atoms with Gasteiger partial charge in [0.15, 0.2) is 0 Å². The highest BCUT2D eigenvalue weighted by atomic mass is 16.5. The molecule has 0 radical (unpaired) electrons. The fourth-order valence-corrected chi connectivity index (χ4v) is 2.74. The summed E-state index contributed by atoms with van der Waals surface area (Å²) in [7, 11) is 1.93. The number of para-hydroxylation sites is 2. The van der Waals surface area contributed by atoms with Crippen LogP contribution < -0.4 is 10.1 Å². The lowest BCUT2D eigenvalue weighted by Crippen LogP contribution is -2.33. The van der Waals surface area contributed by atoms with Crippen LogP contribution in [0, 0.1) is 0 Å². The first-order valence-electron chi connectivity index (χ1n) is 8.91. The van der Waals surface area contributed by atoms with Gasteiger partial charge in [0.2, 0.25) is 5.91 Å². The van der Waals surface area contributed by atoms with Crippen molar-refractivity contribution in [1.82, 2.24) is 4.90 Å². The Balaban J connectivity index is 1.83. The van der Waals surface area contributed by atoms with Crippen molar-refractivity contribution in [2.75, 3.05) is 32.1 Å². The van der Waals surface area contributed by atoms with E-state index in [0.29, 0.717) is 19.7 Å². The van der Waals surface area contributed by atoms with Gasteiger partial charge in [-0.15, -0.1) is 0 Å². The number of carbonyl (C=O) groups is 1. The smallest absolute Gasteiger partial charge is 0.238 e. The Kier molecular flexibility index (Phi) is 7.48. The van der Waals surface area contributed by atoms with Crippen molar-refractivity contribution < 1.29 is 9.53 Å². The molecule has 134 valence electrons. The van der Waals surface area contributed by atoms with E-state index in [-0.39, 0.29) is 5.91 Å². The fraction of sp³-hybridized carbons (Fsp3) is 0.381. The van der Waals surface area contributed by atoms with Crippen molar-refractivity contribution in [3.05, 3.63) is 59.7 Å². The third-order valence-electron chi connectivity index (χ3n) is 4.16. The molecule has 0 fully saturated rings. The molecule has 4 heteroatoms. The first-order chi connectivity index (χ1) is 12.1. The summed E-state index contributed by atoms with van der Waals surface area (Å²) >= 11 is 0. The molecule has 0 saturated carbocycles. The molecular weight excluding hydrogens is 312 g/mol. The molecule has 0 aliphatic heterocycles. The Morgan fingerprint density at radius 2 is 1.64 bits per heavy atom. The molecule has 0 unspecified atom stereocenters. The van der Waals surface area contributed by atoms with E-state index in [1.807, 2.05) is 42.3 Å². The zero-order valence-corrected chi connectivity index (χ0v) is 15.4. The van der Waals surface area contributed by atoms with Crippen LogP contribution in [0.3, 0.4) is 0 Å². The molecule has 2 aromatic rings. The van der Waals surface area contributed by atoms with Gasteiger partial charge in [-0.25, -0.2) is 0 Å². The number of carbonyl (C=O) groups excluding carboxylic acids is 1. The second kappa shape index (κ2) is 9.84. The number of hydrogen-bond donors (Lipinski definition) is 1. The molecule has 0 aliphatic rings. The molecule has 2 aromatic carbocycles. The van der Waals surface area contributed by atoms with Gasteiger partial charge in [-0.05, 0) is 43.1 Å². The Morgan fingerprint density at radius 3 is 2.24 bits per heavy atom. The predicted octanol–water partition coefficient (Wildman–Crippen LogP) is 3.76. The van der Waals surface area contributed by atoms with Crippen molar-refractivity contribution in [3.63, 3.8) is 0 Å². The molecule has 0 saturated heterocycles. The van der Waals surface area contributed by atoms with E-state index in [1.54, 1.807) is 0 Å². The molecule has 4 nitrogen and oxygen atoms in total. The normalized spacial score (nSPS) is 10.7. The highest BCUT2D eigenvalue weighted by Crippen LogP contribution is 2.22. The van der Waals surface area contributed by atoms with E-state index >= 15 is 0 Å². The quantitative estimate of drug-likeness (QED) is 0.756. The summed E-state index contributed by atoms with van der Waals surface area (Å²) in [6.45, 7) is 5.81. The maximum Gasteiger partial charge on any atom is 0.238 e. The van der Waals surface area contributed by atoms with Crippen LogP contribution >= 0.6 is 0 Å². The average molecular weight is 340 g/mol. The minimum absolute atomic E-state index is 0.0119. The lowest BCUT2D eigenvalue weighted by molar-refractivity contribution is -0.117. The second-order valence-corrected chi connectivity index (χ2v) is 6.11. The third-order valence-corrected chi connectivity index (χ3v) is 4.16. The van der Waals surface area contributed by atoms with Crippen molar-refractivity contribution in [2.45, 2.75) is 26.7 Å². The number of nitrogens with one attached hydrogen (secondary N) is 1. The van der Waals surface area contributed by atoms with Crippen LogP contribution in [0.25, 0.3) is 0 Å². The number of ether oxygens (including phenoxy) is 1. The van der Waals surface area contributed by atoms with Gasteiger partial charge in [0.25, 0.3) is 0 Å². The van der Waals surface area contributed by atoms with Gasteiger partial charge in [-0.3, -0.25) is 9.69 Å². The van der Waals surface area contributed by atoms with Crippen LogP contribution in [-0.4, -0.2) is 37.6 Å². The molecule has 2 rings (SSSR count). The van der Waals surface area contributed by atoms with E-state index in [0.717, 1.165) is 24.3 Å². The van der Waals surface area contributed by atoms with Crippen LogP contribution in [-0.2, 0) is 17.6 Å². The van der Waals surface area contributed by atoms with Crippen LogP contribution in [0.15, 0.2) is 48.5 Å². The van der Waals surface area contributed by atoms with Crippen molar-refractivity contribution >= 4 is 11.6 Å². The van der Waals surface area contributed by atoms with Gasteiger partial charge in [0.1, 0.15) is 12.4 Å². The largest absolute Gasteiger partial charge is 0.492 e. The van der Waals surface area contributed by atoms with Crippen LogP contribution in [0.1, 0.15) is 25.0 Å². The summed E-state index contributed by atoms with van der Waals surface area (Å²) in [6, 6.07) is 15.9. The first kappa shape index (κ1) is 19.0. The summed E-state index contributed by atoms with van der Waals surface area (Å²) in [5, 5.41) is 3.10. The van der Waals surface area contributed by atoms with Crippen LogP contribution in [0.2, 0.25) is 0 Å². The number of aryl methyl sites for hydroxylation is 2. The maximum absolute atomic E-state index is 12.4. The standard InChI is InChI=1S/C21H28N2O2/c1-4-17-10-9-11-18(5-2)21(17)22-20(24)16-23(3)14-15-25-19-12-7-6-8-13-19/h6-13H,4-5,14-16H2,1-3H3,(H,22,24). The lowest BCUT2D eigenvalue weighted by atomic mass is 10.0. The number of likely N-dealkylation sites (N-methyl/N-ethyl adjacent to an activating group) is 1. The molecule has 25 heavy (non-hydrogen) atoms. The van der Waals surface area contributed by atoms with Gasteiger partial charge in [-0.2, -0.15) is 0 Å². The van der Waals surface area contributed by atoms with Gasteiger partial charge in [0, 0.05) is 12.2 Å². The van der Waals surface area contributed by atoms with E-state index in [4.69, 9.17) is 4.74 Å². The van der Waals surface area contributed by atoms with Gasteiger partial charge in [-0.1, -0.05) is 50.2 Å². The number of rotatable bonds is 9. The van der Waals surface area contributed by atoms with Gasteiger partial charge >= 0.3 is 0 Å². The van der Waals surface area contributed by atoms with E-state index in [2.05, 4.69) is 37.4 Å². The average Bonchev–Trinajstić information content (AvgIpc) is 2.62. The van der Waals surface area contributed by atoms with E-state index in [9.17, 15) is 4.79 Å². The van der Waals surface area contributed by atoms with Gasteiger partial charge in [0.05, 0.1) is 6.54 Å². The Hall–Kier alpha value is -2.33. The molecule has 1 amide bonds. The molecular formula is C21H28N2O2. The SMILES string of the molecule is CCc1cccc(CC)c1NC(=O)CN(C)CCOc1ccccc1. The van der Waals surface area contributed by atoms with Crippen molar-refractivity contribution in [2.24, 2.45) is 0 Å². The highest BCUT2D eigenvalue weighted by molar-refractivity contribution is 5.93. The minimum Gasteiger partial charge on any atom is -0.492 e. The minimum atomic E-state index is 0.0119. The molecule has 0 bridgehead atoms. The monoisotopic (exact) mass is 340 g/mol. The number of hydrogen-bond acceptors (Lipinski definition) is 3. The second-order valence-electron chi connectivity index (χ2n) is 6.11. The molecule has 0 aliphatic carbocycles. The van der Waals surface area contributed by atoms with Crippen LogP contribution in [0.5, 0.6) is 5.75 Å². The topological polar surface area (TPSA) is 41.6 Å². The number of nitrogens with zero attached hydrogens (tertiary/aromatic N) is 1. The zero-order chi connectivity index (χ0) is 18.1. The summed E-state index contributed by atoms with van der Waals surface area (Å²) in [6.07, 6.45) is 1.81. The molecule has 0 spiro atoms.